The number of alkyl halides is 1. The lowest BCUT2D eigenvalue weighted by atomic mass is 10.2. The molecule has 0 aliphatic carbocycles. The van der Waals surface area contributed by atoms with Crippen molar-refractivity contribution in [1.82, 2.24) is 14.5 Å². The largest absolute Gasteiger partial charge is 0.327 e. The predicted molar refractivity (Wildman–Crippen MR) is 77.2 cm³/mol. The molecule has 0 spiro atoms. The van der Waals surface area contributed by atoms with Gasteiger partial charge in [0.15, 0.2) is 0 Å². The van der Waals surface area contributed by atoms with Crippen LogP contribution in [0.1, 0.15) is 11.4 Å². The molecule has 0 aliphatic rings. The maximum absolute atomic E-state index is 13.4. The smallest absolute Gasteiger partial charge is 0.125 e. The second kappa shape index (κ2) is 5.59. The van der Waals surface area contributed by atoms with E-state index in [-0.39, 0.29) is 5.82 Å². The molecule has 0 fully saturated rings. The first kappa shape index (κ1) is 13.1. The molecule has 3 aromatic rings. The van der Waals surface area contributed by atoms with Crippen LogP contribution in [0.2, 0.25) is 0 Å². The van der Waals surface area contributed by atoms with Crippen LogP contribution in [0.15, 0.2) is 42.7 Å². The number of fused-ring (bicyclic) bond motifs is 1. The molecule has 20 heavy (non-hydrogen) atoms. The van der Waals surface area contributed by atoms with E-state index in [0.29, 0.717) is 12.4 Å². The molecule has 0 radical (unpaired) electrons. The standard InChI is InChI=1S/C15H13ClFN3/c16-10-15-19-13-2-1-12(17)9-14(13)20(15)8-5-11-3-6-18-7-4-11/h1-4,6-7,9H,5,8,10H2. The highest BCUT2D eigenvalue weighted by molar-refractivity contribution is 6.16. The molecular weight excluding hydrogens is 277 g/mol. The third kappa shape index (κ3) is 2.51. The molecule has 2 heterocycles. The summed E-state index contributed by atoms with van der Waals surface area (Å²) in [6.07, 6.45) is 4.36. The topological polar surface area (TPSA) is 30.7 Å². The molecule has 1 aromatic carbocycles. The molecule has 0 saturated carbocycles. The van der Waals surface area contributed by atoms with Gasteiger partial charge in [-0.25, -0.2) is 9.37 Å². The number of aromatic nitrogens is 3. The minimum Gasteiger partial charge on any atom is -0.327 e. The number of hydrogen-bond donors (Lipinski definition) is 0. The number of hydrogen-bond acceptors (Lipinski definition) is 2. The summed E-state index contributed by atoms with van der Waals surface area (Å²) in [6, 6.07) is 8.55. The zero-order valence-corrected chi connectivity index (χ0v) is 11.5. The normalized spacial score (nSPS) is 11.1. The monoisotopic (exact) mass is 289 g/mol. The quantitative estimate of drug-likeness (QED) is 0.688. The fraction of sp³-hybridized carbons (Fsp3) is 0.200. The van der Waals surface area contributed by atoms with Crippen LogP contribution in [0.3, 0.4) is 0 Å². The molecule has 0 N–H and O–H groups in total. The summed E-state index contributed by atoms with van der Waals surface area (Å²) in [5, 5.41) is 0. The minimum absolute atomic E-state index is 0.260. The molecule has 3 rings (SSSR count). The van der Waals surface area contributed by atoms with E-state index in [9.17, 15) is 4.39 Å². The first-order valence-corrected chi connectivity index (χ1v) is 6.91. The maximum Gasteiger partial charge on any atom is 0.125 e. The van der Waals surface area contributed by atoms with Gasteiger partial charge in [-0.05, 0) is 42.3 Å². The summed E-state index contributed by atoms with van der Waals surface area (Å²) in [6.45, 7) is 0.714. The summed E-state index contributed by atoms with van der Waals surface area (Å²) < 4.78 is 15.4. The van der Waals surface area contributed by atoms with Gasteiger partial charge in [0, 0.05) is 18.9 Å². The SMILES string of the molecule is Fc1ccc2nc(CCl)n(CCc3ccncc3)c2c1. The van der Waals surface area contributed by atoms with Crippen LogP contribution in [0.25, 0.3) is 11.0 Å². The Hall–Kier alpha value is -1.94. The number of aryl methyl sites for hydroxylation is 2. The van der Waals surface area contributed by atoms with Crippen LogP contribution < -0.4 is 0 Å². The molecule has 0 atom stereocenters. The molecule has 102 valence electrons. The van der Waals surface area contributed by atoms with Gasteiger partial charge in [0.2, 0.25) is 0 Å². The van der Waals surface area contributed by atoms with Gasteiger partial charge in [0.1, 0.15) is 11.6 Å². The highest BCUT2D eigenvalue weighted by Gasteiger charge is 2.10. The summed E-state index contributed by atoms with van der Waals surface area (Å²) >= 11 is 5.94. The molecule has 3 nitrogen and oxygen atoms in total. The summed E-state index contributed by atoms with van der Waals surface area (Å²) in [5.41, 5.74) is 2.74. The van der Waals surface area contributed by atoms with Gasteiger partial charge < -0.3 is 4.57 Å². The average molecular weight is 290 g/mol. The Morgan fingerprint density at radius 1 is 1.15 bits per heavy atom. The van der Waals surface area contributed by atoms with Gasteiger partial charge >= 0.3 is 0 Å². The van der Waals surface area contributed by atoms with Gasteiger partial charge in [-0.15, -0.1) is 11.6 Å². The van der Waals surface area contributed by atoms with Crippen LogP contribution >= 0.6 is 11.6 Å². The highest BCUT2D eigenvalue weighted by Crippen LogP contribution is 2.19. The first-order chi connectivity index (χ1) is 9.78. The van der Waals surface area contributed by atoms with Crippen LogP contribution in [0, 0.1) is 5.82 Å². The first-order valence-electron chi connectivity index (χ1n) is 6.37. The number of halogens is 2. The average Bonchev–Trinajstić information content (AvgIpc) is 2.83. The molecule has 0 unspecified atom stereocenters. The Labute approximate surface area is 121 Å². The van der Waals surface area contributed by atoms with Crippen molar-refractivity contribution in [1.29, 1.82) is 0 Å². The summed E-state index contributed by atoms with van der Waals surface area (Å²) in [7, 11) is 0. The molecule has 0 saturated heterocycles. The van der Waals surface area contributed by atoms with E-state index in [2.05, 4.69) is 9.97 Å². The Morgan fingerprint density at radius 2 is 1.95 bits per heavy atom. The fourth-order valence-corrected chi connectivity index (χ4v) is 2.49. The van der Waals surface area contributed by atoms with Crippen molar-refractivity contribution in [2.24, 2.45) is 0 Å². The van der Waals surface area contributed by atoms with Crippen molar-refractivity contribution in [2.75, 3.05) is 0 Å². The van der Waals surface area contributed by atoms with Gasteiger partial charge in [-0.2, -0.15) is 0 Å². The van der Waals surface area contributed by atoms with Crippen molar-refractivity contribution < 1.29 is 4.39 Å². The van der Waals surface area contributed by atoms with Gasteiger partial charge in [0.05, 0.1) is 16.9 Å². The lowest BCUT2D eigenvalue weighted by Crippen LogP contribution is -2.05. The lowest BCUT2D eigenvalue weighted by Gasteiger charge is -2.07. The molecule has 0 bridgehead atoms. The second-order valence-electron chi connectivity index (χ2n) is 4.55. The molecule has 0 aliphatic heterocycles. The predicted octanol–water partition coefficient (Wildman–Crippen LogP) is 3.55. The summed E-state index contributed by atoms with van der Waals surface area (Å²) in [4.78, 5) is 8.43. The second-order valence-corrected chi connectivity index (χ2v) is 4.82. The van der Waals surface area contributed by atoms with Crippen LogP contribution in [-0.4, -0.2) is 14.5 Å². The molecule has 5 heteroatoms. The van der Waals surface area contributed by atoms with Crippen LogP contribution in [-0.2, 0) is 18.8 Å². The van der Waals surface area contributed by atoms with Crippen molar-refractivity contribution >= 4 is 22.6 Å². The van der Waals surface area contributed by atoms with E-state index in [1.54, 1.807) is 18.5 Å². The third-order valence-electron chi connectivity index (χ3n) is 3.28. The van der Waals surface area contributed by atoms with E-state index >= 15 is 0 Å². The van der Waals surface area contributed by atoms with Crippen LogP contribution in [0.5, 0.6) is 0 Å². The van der Waals surface area contributed by atoms with E-state index in [1.807, 2.05) is 16.7 Å². The Kier molecular flexibility index (Phi) is 3.65. The van der Waals surface area contributed by atoms with Crippen molar-refractivity contribution in [2.45, 2.75) is 18.8 Å². The summed E-state index contributed by atoms with van der Waals surface area (Å²) in [5.74, 6) is 0.817. The highest BCUT2D eigenvalue weighted by atomic mass is 35.5. The van der Waals surface area contributed by atoms with Crippen molar-refractivity contribution in [3.8, 4) is 0 Å². The number of pyridine rings is 1. The molecular formula is C15H13ClFN3. The lowest BCUT2D eigenvalue weighted by molar-refractivity contribution is 0.626. The zero-order chi connectivity index (χ0) is 13.9. The van der Waals surface area contributed by atoms with E-state index < -0.39 is 0 Å². The zero-order valence-electron chi connectivity index (χ0n) is 10.8. The Morgan fingerprint density at radius 3 is 2.70 bits per heavy atom. The van der Waals surface area contributed by atoms with Crippen LogP contribution in [0.4, 0.5) is 4.39 Å². The molecule has 2 aromatic heterocycles. The Bertz CT molecular complexity index is 725. The number of nitrogens with zero attached hydrogens (tertiary/aromatic N) is 3. The number of imidazole rings is 1. The molecule has 0 amide bonds. The van der Waals surface area contributed by atoms with E-state index in [1.165, 1.54) is 17.7 Å². The van der Waals surface area contributed by atoms with Gasteiger partial charge in [-0.1, -0.05) is 0 Å². The van der Waals surface area contributed by atoms with Crippen molar-refractivity contribution in [3.63, 3.8) is 0 Å². The van der Waals surface area contributed by atoms with Gasteiger partial charge in [-0.3, -0.25) is 4.98 Å². The maximum atomic E-state index is 13.4. The Balaban J connectivity index is 1.95. The number of benzene rings is 1. The fourth-order valence-electron chi connectivity index (χ4n) is 2.29. The van der Waals surface area contributed by atoms with Crippen molar-refractivity contribution in [3.05, 3.63) is 59.9 Å². The van der Waals surface area contributed by atoms with Gasteiger partial charge in [0.25, 0.3) is 0 Å². The number of rotatable bonds is 4. The van der Waals surface area contributed by atoms with E-state index in [0.717, 1.165) is 23.3 Å². The third-order valence-corrected chi connectivity index (χ3v) is 3.52. The minimum atomic E-state index is -0.260. The van der Waals surface area contributed by atoms with E-state index in [4.69, 9.17) is 11.6 Å².